The SMILES string of the molecule is CN(C(=O)OC(C)(C)C)C(C#N)c1ccsc1.CN(C(=O)OC(C)(C)C)C(CN)c1ccsc1.CN(COC(C)(C)C)C(CNC(=O)N1Cc2ccc(F)cc2C1)c1ccsc1.CNC(C#N)c1ccsc1.CNC(CNC(=O)N1Cc2ccc(F)cc2C1)c1ccsc1.CO.CO.Fc1ccc2c(c1)CNC2.O=C(Cl)Oc1ccc([N+](=O)[O-])cc1.O=CO[O-].O=Cc1ccsc1.[Na+]. The van der Waals surface area contributed by atoms with Gasteiger partial charge in [0.05, 0.1) is 40.8 Å². The van der Waals surface area contributed by atoms with Crippen LogP contribution in [0.3, 0.4) is 0 Å². The van der Waals surface area contributed by atoms with E-state index in [1.807, 2.05) is 140 Å². The van der Waals surface area contributed by atoms with Crippen molar-refractivity contribution in [2.75, 3.05) is 75.8 Å². The smallest absolute Gasteiger partial charge is 0.662 e. The summed E-state index contributed by atoms with van der Waals surface area (Å²) in [6, 6.07) is 34.2. The van der Waals surface area contributed by atoms with E-state index < -0.39 is 33.7 Å². The Bertz CT molecular complexity index is 5110. The van der Waals surface area contributed by atoms with Gasteiger partial charge in [0, 0.05) is 122 Å². The number of nitrogens with zero attached hydrogens (tertiary/aromatic N) is 8. The molecule has 5 atom stereocenters. The fourth-order valence-electron chi connectivity index (χ4n) is 11.6. The van der Waals surface area contributed by atoms with Crippen molar-refractivity contribution in [2.45, 2.75) is 149 Å². The van der Waals surface area contributed by atoms with Crippen molar-refractivity contribution in [1.29, 1.82) is 10.5 Å². The summed E-state index contributed by atoms with van der Waals surface area (Å²) in [6.45, 7) is 22.3. The van der Waals surface area contributed by atoms with E-state index in [4.69, 9.17) is 62.3 Å². The second-order valence-electron chi connectivity index (χ2n) is 31.0. The Morgan fingerprint density at radius 1 is 0.571 bits per heavy atom. The number of nitrogens with one attached hydrogen (secondary N) is 5. The second-order valence-corrected chi connectivity index (χ2v) is 36.0. The van der Waals surface area contributed by atoms with Crippen LogP contribution in [0.5, 0.6) is 5.75 Å². The Labute approximate surface area is 825 Å². The molecule has 3 aliphatic heterocycles. The Morgan fingerprint density at radius 2 is 0.985 bits per heavy atom. The van der Waals surface area contributed by atoms with Gasteiger partial charge in [0.1, 0.15) is 53.2 Å². The molecule has 0 spiro atoms. The first-order chi connectivity index (χ1) is 62.8. The molecule has 0 aliphatic carbocycles. The maximum Gasteiger partial charge on any atom is 1.00 e. The number of ether oxygens (including phenoxy) is 4. The number of thiophene rings is 6. The van der Waals surface area contributed by atoms with E-state index in [1.54, 1.807) is 126 Å². The number of hydrogen-bond acceptors (Lipinski definition) is 30. The number of aliphatic hydroxyl groups is 2. The van der Waals surface area contributed by atoms with Gasteiger partial charge in [-0.25, -0.2) is 37.1 Å². The molecule has 0 bridgehead atoms. The van der Waals surface area contributed by atoms with Gasteiger partial charge in [0.15, 0.2) is 6.29 Å². The number of nitriles is 2. The van der Waals surface area contributed by atoms with Crippen LogP contribution in [0.15, 0.2) is 180 Å². The molecule has 0 fully saturated rings. The summed E-state index contributed by atoms with van der Waals surface area (Å²) in [7, 11) is 10.9. The van der Waals surface area contributed by atoms with Crippen LogP contribution >= 0.6 is 79.6 Å². The number of carbonyl (C=O) groups excluding carboxylic acids is 7. The fourth-order valence-corrected chi connectivity index (χ4v) is 15.8. The number of fused-ring (bicyclic) bond motifs is 3. The summed E-state index contributed by atoms with van der Waals surface area (Å²) in [5.41, 5.74) is 15.5. The normalized spacial score (nSPS) is 12.6. The number of nitro groups is 1. The largest absolute Gasteiger partial charge is 1.00 e. The maximum absolute atomic E-state index is 13.4. The molecule has 3 aliphatic rings. The molecule has 31 nitrogen and oxygen atoms in total. The molecule has 0 radical (unpaired) electrons. The zero-order valence-corrected chi connectivity index (χ0v) is 84.8. The van der Waals surface area contributed by atoms with Crippen molar-refractivity contribution in [3.8, 4) is 17.9 Å². The standard InChI is InChI=1S/C21H28FN3O2S.C16H18FN3OS.C12H20N2O2S.C12H16N2O2S.C8H8FN.C7H4ClNO4.C7H8N2S.C5H4OS.CH2O3.2CH4O.Na/c1-21(2,3)27-14-24(4)19(16-7-8-28-13-16)10-23-20(26)25-11-15-5-6-18(22)9-17(15)12-25;1-18-15(12-4-5-22-10-12)7-19-16(21)20-8-11-2-3-14(17)6-13(11)9-20;2*1-12(2,3)16-11(15)14(4)10(7-13)9-5-6-17-8-9;9-8-2-1-6-4-10-5-7(6)3-8;8-7(10)13-6-3-1-5(2-4-6)9(11)12;1-9-7(4-8)6-2-3-10-5-6;6-3-5-1-2-7-4-5;2-1-4-3;2*1-2;/h5-9,13,19H,10-12,14H2,1-4H3,(H,23,26);2-6,10,15,18H,7-9H2,1H3,(H,19,21);5-6,8,10H,7,13H2,1-4H3;5-6,8,10H,1-4H3;1-3,10H,4-5H2;1-4H;2-3,5,7,9H,1H3;1-4H;1,3H;2*2H,1H3;/q;;;;;;;;;;;+1/p-1. The second kappa shape index (κ2) is 63.2. The predicted octanol–water partition coefficient (Wildman–Crippen LogP) is 14.5. The van der Waals surface area contributed by atoms with Crippen molar-refractivity contribution in [3.63, 3.8) is 0 Å². The zero-order chi connectivity index (χ0) is 98.7. The van der Waals surface area contributed by atoms with E-state index in [-0.39, 0.29) is 113 Å². The monoisotopic (exact) mass is 1980 g/mol. The number of nitro benzene ring substituents is 1. The van der Waals surface area contributed by atoms with Crippen molar-refractivity contribution in [1.82, 2.24) is 51.1 Å². The molecule has 133 heavy (non-hydrogen) atoms. The van der Waals surface area contributed by atoms with Gasteiger partial charge in [-0.2, -0.15) is 78.5 Å². The number of amides is 6. The molecule has 9 N–H and O–H groups in total. The number of aliphatic hydroxyl groups excluding tert-OH is 2. The molecule has 6 aromatic heterocycles. The number of carbonyl (C=O) groups is 7. The van der Waals surface area contributed by atoms with Gasteiger partial charge < -0.3 is 86.3 Å². The molecule has 42 heteroatoms. The summed E-state index contributed by atoms with van der Waals surface area (Å²) in [5.74, 6) is -0.485. The predicted molar refractivity (Wildman–Crippen MR) is 508 cm³/mol. The van der Waals surface area contributed by atoms with Gasteiger partial charge in [-0.3, -0.25) is 29.5 Å². The average molecular weight is 1980 g/mol. The topological polar surface area (TPSA) is 422 Å². The van der Waals surface area contributed by atoms with E-state index >= 15 is 0 Å². The molecule has 9 heterocycles. The Morgan fingerprint density at radius 3 is 1.37 bits per heavy atom. The summed E-state index contributed by atoms with van der Waals surface area (Å²) < 4.78 is 60.1. The summed E-state index contributed by atoms with van der Waals surface area (Å²) in [6.07, 6.45) is 0.00523. The Balaban J connectivity index is 0.000000522. The van der Waals surface area contributed by atoms with Crippen LogP contribution in [-0.4, -0.2) is 175 Å². The maximum atomic E-state index is 13.4. The molecule has 13 rings (SSSR count). The van der Waals surface area contributed by atoms with Crippen molar-refractivity contribution in [3.05, 3.63) is 274 Å². The van der Waals surface area contributed by atoms with Crippen molar-refractivity contribution >= 4 is 128 Å². The first-order valence-corrected chi connectivity index (χ1v) is 46.3. The van der Waals surface area contributed by atoms with Crippen LogP contribution in [0.2, 0.25) is 0 Å². The van der Waals surface area contributed by atoms with Crippen LogP contribution in [0.25, 0.3) is 0 Å². The molecular weight excluding hydrogens is 1870 g/mol. The van der Waals surface area contributed by atoms with Crippen molar-refractivity contribution < 1.29 is 121 Å². The van der Waals surface area contributed by atoms with E-state index in [2.05, 4.69) is 70.1 Å². The number of non-ortho nitro benzene ring substituents is 1. The third kappa shape index (κ3) is 44.7. The number of nitrogens with two attached hydrogens (primary N) is 1. The molecule has 5 unspecified atom stereocenters. The van der Waals surface area contributed by atoms with E-state index in [0.717, 1.165) is 89.2 Å². The molecule has 4 aromatic carbocycles. The number of halogens is 4. The minimum absolute atomic E-state index is 0. The molecule has 0 saturated heterocycles. The van der Waals surface area contributed by atoms with E-state index in [0.29, 0.717) is 52.5 Å². The van der Waals surface area contributed by atoms with Gasteiger partial charge in [-0.1, -0.05) is 18.2 Å². The van der Waals surface area contributed by atoms with Crippen LogP contribution in [0, 0.1) is 50.2 Å². The van der Waals surface area contributed by atoms with Crippen LogP contribution in [-0.2, 0) is 63.2 Å². The van der Waals surface area contributed by atoms with E-state index in [9.17, 15) is 52.1 Å². The van der Waals surface area contributed by atoms with Gasteiger partial charge in [0.25, 0.3) is 12.2 Å². The molecule has 10 aromatic rings. The number of benzene rings is 4. The Hall–Kier alpha value is -10.1. The summed E-state index contributed by atoms with van der Waals surface area (Å²) >= 11 is 14.4. The number of urea groups is 2. The summed E-state index contributed by atoms with van der Waals surface area (Å²) in [5, 5.41) is 89.2. The molecule has 6 amide bonds. The van der Waals surface area contributed by atoms with Gasteiger partial charge in [-0.15, -0.1) is 0 Å². The zero-order valence-electron chi connectivity index (χ0n) is 77.1. The van der Waals surface area contributed by atoms with Crippen LogP contribution < -0.4 is 71.9 Å². The molecular formula is C91H115ClF3N14NaO17S6. The number of rotatable bonds is 21. The molecule has 0 saturated carbocycles. The number of hydrogen-bond donors (Lipinski definition) is 8. The van der Waals surface area contributed by atoms with E-state index in [1.165, 1.54) is 93.3 Å². The van der Waals surface area contributed by atoms with Crippen LogP contribution in [0.1, 0.15) is 164 Å². The first-order valence-electron chi connectivity index (χ1n) is 40.3. The third-order valence-corrected chi connectivity index (χ3v) is 22.4. The minimum Gasteiger partial charge on any atom is -0.662 e. The molecule has 716 valence electrons. The third-order valence-electron chi connectivity index (χ3n) is 18.1. The van der Waals surface area contributed by atoms with Gasteiger partial charge in [0.2, 0.25) is 0 Å². The van der Waals surface area contributed by atoms with Gasteiger partial charge in [-0.05, 0) is 289 Å². The number of likely N-dealkylation sites (N-methyl/N-ethyl adjacent to an activating group) is 3. The minimum atomic E-state index is -0.978. The number of aldehydes is 1. The fraction of sp³-hybridized carbons (Fsp3) is 0.374. The van der Waals surface area contributed by atoms with Crippen LogP contribution in [0.4, 0.5) is 42.8 Å². The van der Waals surface area contributed by atoms with Crippen molar-refractivity contribution in [2.24, 2.45) is 5.73 Å². The quantitative estimate of drug-likeness (QED) is 0.00630. The first kappa shape index (κ1) is 119. The summed E-state index contributed by atoms with van der Waals surface area (Å²) in [4.78, 5) is 98.1. The van der Waals surface area contributed by atoms with Gasteiger partial charge >= 0.3 is 59.2 Å². The average Bonchev–Trinajstić information content (AvgIpc) is 1.68. The Kier molecular flexibility index (Phi) is 56.5.